The number of amidine groups is 1. The van der Waals surface area contributed by atoms with Gasteiger partial charge in [-0.05, 0) is 50.0 Å². The molecule has 9 heteroatoms. The van der Waals surface area contributed by atoms with E-state index in [2.05, 4.69) is 31.2 Å². The minimum Gasteiger partial charge on any atom is -0.512 e. The van der Waals surface area contributed by atoms with Crippen molar-refractivity contribution >= 4 is 23.2 Å². The molecule has 0 saturated carbocycles. The topological polar surface area (TPSA) is 121 Å². The van der Waals surface area contributed by atoms with E-state index in [0.29, 0.717) is 5.69 Å². The molecular formula is C29H33N7O2. The number of carbonyl (C=O) groups excluding carboxylic acids is 1. The summed E-state index contributed by atoms with van der Waals surface area (Å²) in [7, 11) is 4.05. The summed E-state index contributed by atoms with van der Waals surface area (Å²) in [4.78, 5) is 27.3. The van der Waals surface area contributed by atoms with Crippen LogP contribution in [0.1, 0.15) is 26.5 Å². The van der Waals surface area contributed by atoms with Crippen LogP contribution in [0.3, 0.4) is 0 Å². The molecule has 4 aromatic rings. The molecule has 2 amide bonds. The molecule has 3 aromatic heterocycles. The molecule has 4 rings (SSSR count). The fourth-order valence-electron chi connectivity index (χ4n) is 3.77. The molecule has 0 bridgehead atoms. The molecule has 0 aliphatic heterocycles. The van der Waals surface area contributed by atoms with E-state index in [4.69, 9.17) is 5.73 Å². The number of urea groups is 1. The Morgan fingerprint density at radius 3 is 2.39 bits per heavy atom. The average Bonchev–Trinajstić information content (AvgIpc) is 3.27. The van der Waals surface area contributed by atoms with E-state index in [1.54, 1.807) is 12.1 Å². The highest BCUT2D eigenvalue weighted by molar-refractivity contribution is 6.03. The van der Waals surface area contributed by atoms with Crippen molar-refractivity contribution in [2.75, 3.05) is 19.4 Å². The van der Waals surface area contributed by atoms with Crippen molar-refractivity contribution in [3.8, 4) is 22.4 Å². The van der Waals surface area contributed by atoms with Crippen molar-refractivity contribution in [3.63, 3.8) is 0 Å². The number of aliphatic imine (C=N–C) groups is 1. The maximum atomic E-state index is 12.2. The Balaban J connectivity index is 1.47. The Hall–Kier alpha value is -4.50. The lowest BCUT2D eigenvalue weighted by Crippen LogP contribution is -2.18. The molecule has 0 aliphatic carbocycles. The van der Waals surface area contributed by atoms with E-state index in [9.17, 15) is 9.90 Å². The van der Waals surface area contributed by atoms with Crippen LogP contribution < -0.4 is 11.1 Å². The summed E-state index contributed by atoms with van der Waals surface area (Å²) in [6.07, 6.45) is 7.00. The van der Waals surface area contributed by atoms with E-state index in [-0.39, 0.29) is 11.6 Å². The Bertz CT molecular complexity index is 1490. The zero-order valence-electron chi connectivity index (χ0n) is 22.3. The summed E-state index contributed by atoms with van der Waals surface area (Å²) in [6.45, 7) is 6.29. The number of aliphatic hydroxyl groups is 1. The molecule has 0 unspecified atom stereocenters. The second-order valence-electron chi connectivity index (χ2n) is 10.4. The highest BCUT2D eigenvalue weighted by Crippen LogP contribution is 2.26. The van der Waals surface area contributed by atoms with Gasteiger partial charge in [0.05, 0.1) is 17.6 Å². The lowest BCUT2D eigenvalue weighted by molar-refractivity contribution is 0.259. The van der Waals surface area contributed by atoms with Crippen molar-refractivity contribution in [1.82, 2.24) is 19.3 Å². The highest BCUT2D eigenvalue weighted by atomic mass is 16.3. The number of nitrogens with zero attached hydrogens (tertiary/aromatic N) is 5. The van der Waals surface area contributed by atoms with Gasteiger partial charge in [0, 0.05) is 47.2 Å². The maximum absolute atomic E-state index is 12.2. The summed E-state index contributed by atoms with van der Waals surface area (Å²) in [5.41, 5.74) is 11.7. The van der Waals surface area contributed by atoms with Gasteiger partial charge in [-0.25, -0.2) is 9.78 Å². The van der Waals surface area contributed by atoms with Crippen LogP contribution in [-0.4, -0.2) is 50.3 Å². The highest BCUT2D eigenvalue weighted by Gasteiger charge is 2.16. The van der Waals surface area contributed by atoms with Gasteiger partial charge in [0.2, 0.25) is 0 Å². The number of hydrogen-bond donors (Lipinski definition) is 3. The SMILES string of the molecule is CN(C)Cc1ccc(-c2ccn3c(-c4ccc(NC(=O)/N=C(N)\C=C(/O)C(C)(C)C)cc4)cnc3c2)cn1. The normalized spacial score (nSPS) is 12.8. The summed E-state index contributed by atoms with van der Waals surface area (Å²) in [5, 5.41) is 12.7. The number of nitrogens with one attached hydrogen (secondary N) is 1. The maximum Gasteiger partial charge on any atom is 0.347 e. The van der Waals surface area contributed by atoms with Gasteiger partial charge in [0.25, 0.3) is 0 Å². The van der Waals surface area contributed by atoms with E-state index in [0.717, 1.165) is 40.3 Å². The van der Waals surface area contributed by atoms with Crippen LogP contribution in [0.4, 0.5) is 10.5 Å². The van der Waals surface area contributed by atoms with E-state index < -0.39 is 11.4 Å². The van der Waals surface area contributed by atoms with E-state index >= 15 is 0 Å². The number of imidazole rings is 1. The van der Waals surface area contributed by atoms with Gasteiger partial charge in [-0.1, -0.05) is 39.0 Å². The molecule has 38 heavy (non-hydrogen) atoms. The Kier molecular flexibility index (Phi) is 7.59. The molecule has 0 fully saturated rings. The standard InChI is InChI=1S/C29H33N7O2/c1-29(2,3)25(37)15-26(30)34-28(38)33-22-9-6-19(7-10-22)24-17-32-27-14-20(12-13-36(24)27)21-8-11-23(31-16-21)18-35(4)5/h6-17,37H,18H2,1-5H3,(H3,30,33,34,38)/b25-15-. The number of aliphatic hydroxyl groups excluding tert-OH is 1. The number of fused-ring (bicyclic) bond motifs is 1. The Morgan fingerprint density at radius 1 is 1.05 bits per heavy atom. The average molecular weight is 512 g/mol. The van der Waals surface area contributed by atoms with Crippen molar-refractivity contribution in [3.05, 3.63) is 84.7 Å². The zero-order valence-corrected chi connectivity index (χ0v) is 22.3. The summed E-state index contributed by atoms with van der Waals surface area (Å²) < 4.78 is 2.02. The predicted octanol–water partition coefficient (Wildman–Crippen LogP) is 5.50. The number of rotatable bonds is 6. The molecule has 0 atom stereocenters. The summed E-state index contributed by atoms with van der Waals surface area (Å²) in [5.74, 6) is -0.0254. The van der Waals surface area contributed by atoms with Crippen molar-refractivity contribution in [1.29, 1.82) is 0 Å². The third-order valence-electron chi connectivity index (χ3n) is 5.87. The van der Waals surface area contributed by atoms with E-state index in [1.165, 1.54) is 6.08 Å². The Morgan fingerprint density at radius 2 is 1.76 bits per heavy atom. The van der Waals surface area contributed by atoms with Crippen LogP contribution in [0.5, 0.6) is 0 Å². The number of carbonyl (C=O) groups is 1. The fourth-order valence-corrected chi connectivity index (χ4v) is 3.77. The van der Waals surface area contributed by atoms with Gasteiger partial charge in [-0.3, -0.25) is 9.38 Å². The third-order valence-corrected chi connectivity index (χ3v) is 5.87. The van der Waals surface area contributed by atoms with Crippen LogP contribution >= 0.6 is 0 Å². The number of amides is 2. The first-order chi connectivity index (χ1) is 18.0. The molecule has 0 radical (unpaired) electrons. The molecule has 9 nitrogen and oxygen atoms in total. The molecular weight excluding hydrogens is 478 g/mol. The zero-order chi connectivity index (χ0) is 27.4. The van der Waals surface area contributed by atoms with Crippen molar-refractivity contribution in [2.45, 2.75) is 27.3 Å². The molecule has 4 N–H and O–H groups in total. The molecule has 3 heterocycles. The first-order valence-corrected chi connectivity index (χ1v) is 12.2. The van der Waals surface area contributed by atoms with Gasteiger partial charge in [0.1, 0.15) is 17.2 Å². The monoisotopic (exact) mass is 511 g/mol. The minimum atomic E-state index is -0.625. The van der Waals surface area contributed by atoms with Crippen molar-refractivity contribution < 1.29 is 9.90 Å². The van der Waals surface area contributed by atoms with Crippen molar-refractivity contribution in [2.24, 2.45) is 16.1 Å². The smallest absolute Gasteiger partial charge is 0.347 e. The number of pyridine rings is 2. The number of allylic oxidation sites excluding steroid dienone is 1. The van der Waals surface area contributed by atoms with Crippen LogP contribution in [0.25, 0.3) is 28.0 Å². The molecule has 196 valence electrons. The predicted molar refractivity (Wildman–Crippen MR) is 152 cm³/mol. The second-order valence-corrected chi connectivity index (χ2v) is 10.4. The first-order valence-electron chi connectivity index (χ1n) is 12.2. The fraction of sp³-hybridized carbons (Fsp3) is 0.241. The molecule has 1 aromatic carbocycles. The van der Waals surface area contributed by atoms with Crippen LogP contribution in [-0.2, 0) is 6.54 Å². The quantitative estimate of drug-likeness (QED) is 0.178. The first kappa shape index (κ1) is 26.6. The van der Waals surface area contributed by atoms with Crippen LogP contribution in [0.2, 0.25) is 0 Å². The lowest BCUT2D eigenvalue weighted by atomic mass is 9.93. The lowest BCUT2D eigenvalue weighted by Gasteiger charge is -2.16. The molecule has 0 spiro atoms. The van der Waals surface area contributed by atoms with E-state index in [1.807, 2.05) is 88.2 Å². The van der Waals surface area contributed by atoms with Gasteiger partial charge in [0.15, 0.2) is 0 Å². The van der Waals surface area contributed by atoms with Crippen LogP contribution in [0.15, 0.2) is 83.9 Å². The van der Waals surface area contributed by atoms with Crippen LogP contribution in [0, 0.1) is 5.41 Å². The Labute approximate surface area is 222 Å². The molecule has 0 aliphatic rings. The van der Waals surface area contributed by atoms with Gasteiger partial charge in [-0.15, -0.1) is 0 Å². The number of anilines is 1. The van der Waals surface area contributed by atoms with Gasteiger partial charge < -0.3 is 21.1 Å². The van der Waals surface area contributed by atoms with Gasteiger partial charge in [-0.2, -0.15) is 4.99 Å². The number of nitrogens with two attached hydrogens (primary N) is 1. The van der Waals surface area contributed by atoms with Gasteiger partial charge >= 0.3 is 6.03 Å². The minimum absolute atomic E-state index is 0.0469. The number of hydrogen-bond acceptors (Lipinski definition) is 5. The largest absolute Gasteiger partial charge is 0.512 e. The number of aromatic nitrogens is 3. The number of benzene rings is 1. The summed E-state index contributed by atoms with van der Waals surface area (Å²) in [6, 6.07) is 15.0. The second kappa shape index (κ2) is 10.9. The third kappa shape index (κ3) is 6.43. The summed E-state index contributed by atoms with van der Waals surface area (Å²) >= 11 is 0. The molecule has 0 saturated heterocycles.